The average Bonchev–Trinajstić information content (AvgIpc) is 3.32. The van der Waals surface area contributed by atoms with E-state index in [1.807, 2.05) is 24.3 Å². The molecule has 1 aromatic carbocycles. The highest BCUT2D eigenvalue weighted by molar-refractivity contribution is 5.96. The maximum Gasteiger partial charge on any atom is 0.227 e. The lowest BCUT2D eigenvalue weighted by molar-refractivity contribution is -0.121. The minimum atomic E-state index is 0. The first-order chi connectivity index (χ1) is 10.6. The first-order valence-electron chi connectivity index (χ1n) is 8.07. The molecule has 1 saturated heterocycles. The van der Waals surface area contributed by atoms with E-state index in [1.165, 1.54) is 0 Å². The average molecular weight is 338 g/mol. The highest BCUT2D eigenvalue weighted by Crippen LogP contribution is 2.30. The minimum Gasteiger partial charge on any atom is -0.326 e. The number of carbonyl (C=O) groups is 2. The molecule has 126 valence electrons. The summed E-state index contributed by atoms with van der Waals surface area (Å²) in [6.07, 6.45) is 3.70. The number of rotatable bonds is 4. The van der Waals surface area contributed by atoms with Crippen LogP contribution in [0.4, 0.5) is 11.4 Å². The largest absolute Gasteiger partial charge is 0.326 e. The van der Waals surface area contributed by atoms with Gasteiger partial charge in [-0.3, -0.25) is 9.59 Å². The van der Waals surface area contributed by atoms with Crippen molar-refractivity contribution < 1.29 is 9.59 Å². The van der Waals surface area contributed by atoms with Crippen molar-refractivity contribution in [3.8, 4) is 0 Å². The van der Waals surface area contributed by atoms with Gasteiger partial charge in [0.2, 0.25) is 11.8 Å². The molecule has 0 unspecified atom stereocenters. The van der Waals surface area contributed by atoms with Gasteiger partial charge in [0.15, 0.2) is 0 Å². The number of benzene rings is 1. The van der Waals surface area contributed by atoms with Gasteiger partial charge < -0.3 is 16.0 Å². The van der Waals surface area contributed by atoms with Crippen LogP contribution in [0.3, 0.4) is 0 Å². The van der Waals surface area contributed by atoms with Gasteiger partial charge in [-0.15, -0.1) is 12.4 Å². The van der Waals surface area contributed by atoms with Crippen LogP contribution in [0, 0.1) is 11.8 Å². The molecule has 1 saturated carbocycles. The van der Waals surface area contributed by atoms with Crippen LogP contribution in [-0.2, 0) is 9.59 Å². The van der Waals surface area contributed by atoms with Gasteiger partial charge in [0, 0.05) is 29.3 Å². The van der Waals surface area contributed by atoms with Crippen LogP contribution in [0.5, 0.6) is 0 Å². The van der Waals surface area contributed by atoms with Gasteiger partial charge in [-0.1, -0.05) is 6.07 Å². The lowest BCUT2D eigenvalue weighted by Gasteiger charge is -2.27. The van der Waals surface area contributed by atoms with Crippen molar-refractivity contribution in [3.63, 3.8) is 0 Å². The van der Waals surface area contributed by atoms with Crippen molar-refractivity contribution in [2.75, 3.05) is 17.2 Å². The van der Waals surface area contributed by atoms with E-state index >= 15 is 0 Å². The topological polar surface area (TPSA) is 70.2 Å². The summed E-state index contributed by atoms with van der Waals surface area (Å²) in [5.41, 5.74) is 1.48. The van der Waals surface area contributed by atoms with Gasteiger partial charge in [-0.05, 0) is 57.4 Å². The summed E-state index contributed by atoms with van der Waals surface area (Å²) in [4.78, 5) is 24.1. The highest BCUT2D eigenvalue weighted by atomic mass is 35.5. The lowest BCUT2D eigenvalue weighted by atomic mass is 9.92. The van der Waals surface area contributed by atoms with Gasteiger partial charge in [-0.25, -0.2) is 0 Å². The molecule has 0 bridgehead atoms. The van der Waals surface area contributed by atoms with Gasteiger partial charge in [0.25, 0.3) is 0 Å². The molecule has 0 spiro atoms. The third-order valence-electron chi connectivity index (χ3n) is 4.34. The van der Waals surface area contributed by atoms with Crippen LogP contribution in [0.25, 0.3) is 0 Å². The molecule has 0 radical (unpaired) electrons. The second-order valence-corrected chi connectivity index (χ2v) is 6.41. The molecule has 2 aliphatic rings. The van der Waals surface area contributed by atoms with Crippen LogP contribution < -0.4 is 16.0 Å². The van der Waals surface area contributed by atoms with Crippen molar-refractivity contribution in [2.45, 2.75) is 38.6 Å². The van der Waals surface area contributed by atoms with E-state index in [-0.39, 0.29) is 36.1 Å². The van der Waals surface area contributed by atoms with Crippen molar-refractivity contribution in [1.82, 2.24) is 5.32 Å². The van der Waals surface area contributed by atoms with Gasteiger partial charge >= 0.3 is 0 Å². The Hall–Kier alpha value is -1.59. The number of nitrogens with one attached hydrogen (secondary N) is 3. The van der Waals surface area contributed by atoms with Crippen LogP contribution in [-0.4, -0.2) is 24.4 Å². The van der Waals surface area contributed by atoms with Gasteiger partial charge in [0.05, 0.1) is 0 Å². The Morgan fingerprint density at radius 1 is 1.04 bits per heavy atom. The van der Waals surface area contributed by atoms with Crippen molar-refractivity contribution >= 4 is 35.6 Å². The van der Waals surface area contributed by atoms with E-state index in [1.54, 1.807) is 0 Å². The Kier molecular flexibility index (Phi) is 6.02. The molecule has 1 heterocycles. The van der Waals surface area contributed by atoms with E-state index in [0.29, 0.717) is 6.04 Å². The zero-order valence-electron chi connectivity index (χ0n) is 13.3. The van der Waals surface area contributed by atoms with E-state index in [4.69, 9.17) is 0 Å². The van der Waals surface area contributed by atoms with E-state index in [0.717, 1.165) is 43.6 Å². The molecule has 1 aliphatic heterocycles. The molecule has 2 amide bonds. The zero-order valence-corrected chi connectivity index (χ0v) is 14.1. The third-order valence-corrected chi connectivity index (χ3v) is 4.34. The molecule has 23 heavy (non-hydrogen) atoms. The summed E-state index contributed by atoms with van der Waals surface area (Å²) in [5.74, 6) is 0.380. The molecule has 6 heteroatoms. The van der Waals surface area contributed by atoms with Crippen molar-refractivity contribution in [3.05, 3.63) is 24.3 Å². The SMILES string of the molecule is C[C@H]1C[C@@H](C(=O)Nc2cccc(NC(=O)C3CC3)c2)CCN1.Cl. The summed E-state index contributed by atoms with van der Waals surface area (Å²) < 4.78 is 0. The summed E-state index contributed by atoms with van der Waals surface area (Å²) >= 11 is 0. The number of piperidine rings is 1. The molecule has 2 fully saturated rings. The Bertz CT molecular complexity index is 575. The minimum absolute atomic E-state index is 0. The number of hydrogen-bond donors (Lipinski definition) is 3. The number of amides is 2. The molecule has 5 nitrogen and oxygen atoms in total. The Balaban J connectivity index is 0.00000192. The summed E-state index contributed by atoms with van der Waals surface area (Å²) in [6, 6.07) is 7.76. The fourth-order valence-electron chi connectivity index (χ4n) is 2.88. The number of hydrogen-bond acceptors (Lipinski definition) is 3. The normalized spacial score (nSPS) is 23.5. The van der Waals surface area contributed by atoms with Crippen LogP contribution >= 0.6 is 12.4 Å². The standard InChI is InChI=1S/C17H23N3O2.ClH/c1-11-9-13(7-8-18-11)17(22)20-15-4-2-3-14(10-15)19-16(21)12-5-6-12;/h2-4,10-13,18H,5-9H2,1H3,(H,19,21)(H,20,22);1H/t11-,13-;/m0./s1. The number of carbonyl (C=O) groups excluding carboxylic acids is 2. The van der Waals surface area contributed by atoms with Gasteiger partial charge in [-0.2, -0.15) is 0 Å². The summed E-state index contributed by atoms with van der Waals surface area (Å²) in [7, 11) is 0. The smallest absolute Gasteiger partial charge is 0.227 e. The Morgan fingerprint density at radius 2 is 1.65 bits per heavy atom. The van der Waals surface area contributed by atoms with Crippen molar-refractivity contribution in [2.24, 2.45) is 11.8 Å². The van der Waals surface area contributed by atoms with Crippen LogP contribution in [0.2, 0.25) is 0 Å². The fraction of sp³-hybridized carbons (Fsp3) is 0.529. The van der Waals surface area contributed by atoms with E-state index in [9.17, 15) is 9.59 Å². The molecule has 3 N–H and O–H groups in total. The Labute approximate surface area is 143 Å². The fourth-order valence-corrected chi connectivity index (χ4v) is 2.88. The maximum atomic E-state index is 12.3. The molecule has 1 aromatic rings. The highest BCUT2D eigenvalue weighted by Gasteiger charge is 2.29. The zero-order chi connectivity index (χ0) is 15.5. The van der Waals surface area contributed by atoms with Crippen LogP contribution in [0.15, 0.2) is 24.3 Å². The third kappa shape index (κ3) is 4.94. The predicted molar refractivity (Wildman–Crippen MR) is 93.9 cm³/mol. The number of anilines is 2. The van der Waals surface area contributed by atoms with E-state index < -0.39 is 0 Å². The summed E-state index contributed by atoms with van der Waals surface area (Å²) in [6.45, 7) is 2.99. The molecule has 0 aromatic heterocycles. The monoisotopic (exact) mass is 337 g/mol. The predicted octanol–water partition coefficient (Wildman–Crippen LogP) is 2.78. The summed E-state index contributed by atoms with van der Waals surface area (Å²) in [5, 5.41) is 9.23. The number of halogens is 1. The molecule has 2 atom stereocenters. The Morgan fingerprint density at radius 3 is 2.22 bits per heavy atom. The quantitative estimate of drug-likeness (QED) is 0.791. The lowest BCUT2D eigenvalue weighted by Crippen LogP contribution is -2.40. The van der Waals surface area contributed by atoms with Crippen molar-refractivity contribution in [1.29, 1.82) is 0 Å². The maximum absolute atomic E-state index is 12.3. The first kappa shape index (κ1) is 17.8. The van der Waals surface area contributed by atoms with Crippen LogP contribution in [0.1, 0.15) is 32.6 Å². The molecule has 3 rings (SSSR count). The second kappa shape index (κ2) is 7.79. The molecule has 1 aliphatic carbocycles. The molecular weight excluding hydrogens is 314 g/mol. The first-order valence-corrected chi connectivity index (χ1v) is 8.07. The van der Waals surface area contributed by atoms with Gasteiger partial charge in [0.1, 0.15) is 0 Å². The second-order valence-electron chi connectivity index (χ2n) is 6.41. The van der Waals surface area contributed by atoms with E-state index in [2.05, 4.69) is 22.9 Å². The molecular formula is C17H24ClN3O2.